The summed E-state index contributed by atoms with van der Waals surface area (Å²) in [6, 6.07) is 1.92. The Kier molecular flexibility index (Phi) is 4.24. The first kappa shape index (κ1) is 17.9. The molecule has 0 amide bonds. The number of benzene rings is 1. The second-order valence-electron chi connectivity index (χ2n) is 5.36. The van der Waals surface area contributed by atoms with Crippen LogP contribution in [0.15, 0.2) is 16.9 Å². The molecule has 0 radical (unpaired) electrons. The zero-order valence-corrected chi connectivity index (χ0v) is 13.8. The van der Waals surface area contributed by atoms with E-state index in [1.165, 1.54) is 6.92 Å². The molecule has 0 aliphatic carbocycles. The van der Waals surface area contributed by atoms with Gasteiger partial charge in [-0.15, -0.1) is 6.42 Å². The van der Waals surface area contributed by atoms with E-state index in [9.17, 15) is 22.4 Å². The van der Waals surface area contributed by atoms with Gasteiger partial charge in [0.2, 0.25) is 5.82 Å². The molecule has 1 aromatic carbocycles. The molecule has 1 N–H and O–H groups in total. The summed E-state index contributed by atoms with van der Waals surface area (Å²) in [5.74, 6) is 0.112. The Balaban J connectivity index is 2.37. The molecule has 134 valence electrons. The number of imidazole rings is 1. The van der Waals surface area contributed by atoms with Crippen molar-refractivity contribution in [3.05, 3.63) is 45.0 Å². The standard InChI is InChI=1S/C16H9ClF4N4O/c1-3-4-25-11-5-8(13-12(17)14(26)23-7(2)22-13)9(18)6-10(11)24-15(25)16(19,20)21/h1,5-6H,4H2,2H3,(H,22,23,26). The first-order valence-electron chi connectivity index (χ1n) is 7.10. The summed E-state index contributed by atoms with van der Waals surface area (Å²) in [6.45, 7) is 1.04. The molecule has 0 bridgehead atoms. The van der Waals surface area contributed by atoms with Crippen LogP contribution in [0.25, 0.3) is 22.3 Å². The van der Waals surface area contributed by atoms with E-state index in [1.807, 2.05) is 0 Å². The number of nitrogens with zero attached hydrogens (tertiary/aromatic N) is 3. The van der Waals surface area contributed by atoms with Gasteiger partial charge in [0, 0.05) is 11.6 Å². The van der Waals surface area contributed by atoms with E-state index in [1.54, 1.807) is 0 Å². The second kappa shape index (κ2) is 6.14. The Morgan fingerprint density at radius 1 is 1.35 bits per heavy atom. The van der Waals surface area contributed by atoms with Gasteiger partial charge in [-0.05, 0) is 13.0 Å². The Labute approximate surface area is 148 Å². The van der Waals surface area contributed by atoms with Gasteiger partial charge >= 0.3 is 6.18 Å². The molecule has 0 unspecified atom stereocenters. The summed E-state index contributed by atoms with van der Waals surface area (Å²) >= 11 is 5.89. The minimum atomic E-state index is -4.77. The SMILES string of the molecule is C#CCn1c(C(F)(F)F)nc2cc(F)c(-c3nc(C)[nH]c(=O)c3Cl)cc21. The van der Waals surface area contributed by atoms with Crippen molar-refractivity contribution in [3.8, 4) is 23.6 Å². The molecule has 0 saturated heterocycles. The van der Waals surface area contributed by atoms with E-state index in [-0.39, 0.29) is 33.1 Å². The van der Waals surface area contributed by atoms with Gasteiger partial charge in [-0.25, -0.2) is 14.4 Å². The number of terminal acetylenes is 1. The van der Waals surface area contributed by atoms with Crippen LogP contribution in [0.4, 0.5) is 17.6 Å². The largest absolute Gasteiger partial charge is 0.449 e. The van der Waals surface area contributed by atoms with Gasteiger partial charge in [0.25, 0.3) is 5.56 Å². The maximum Gasteiger partial charge on any atom is 0.449 e. The first-order chi connectivity index (χ1) is 12.1. The van der Waals surface area contributed by atoms with Crippen LogP contribution in [0.1, 0.15) is 11.6 Å². The van der Waals surface area contributed by atoms with Crippen LogP contribution < -0.4 is 5.56 Å². The fourth-order valence-electron chi connectivity index (χ4n) is 2.54. The van der Waals surface area contributed by atoms with Crippen molar-refractivity contribution in [2.45, 2.75) is 19.6 Å². The molecule has 0 aliphatic heterocycles. The van der Waals surface area contributed by atoms with Crippen LogP contribution in [-0.4, -0.2) is 19.5 Å². The van der Waals surface area contributed by atoms with E-state index in [0.717, 1.165) is 16.7 Å². The molecule has 3 rings (SSSR count). The Morgan fingerprint density at radius 3 is 2.65 bits per heavy atom. The van der Waals surface area contributed by atoms with Crippen molar-refractivity contribution >= 4 is 22.6 Å². The smallest absolute Gasteiger partial charge is 0.309 e. The number of hydrogen-bond donors (Lipinski definition) is 1. The molecule has 10 heteroatoms. The highest BCUT2D eigenvalue weighted by molar-refractivity contribution is 6.32. The highest BCUT2D eigenvalue weighted by atomic mass is 35.5. The lowest BCUT2D eigenvalue weighted by molar-refractivity contribution is -0.146. The lowest BCUT2D eigenvalue weighted by atomic mass is 10.1. The molecule has 5 nitrogen and oxygen atoms in total. The number of H-pyrrole nitrogens is 1. The van der Waals surface area contributed by atoms with Gasteiger partial charge in [-0.3, -0.25) is 4.79 Å². The van der Waals surface area contributed by atoms with E-state index in [2.05, 4.69) is 20.9 Å². The summed E-state index contributed by atoms with van der Waals surface area (Å²) in [7, 11) is 0. The Morgan fingerprint density at radius 2 is 2.04 bits per heavy atom. The molecular weight excluding hydrogens is 376 g/mol. The minimum Gasteiger partial charge on any atom is -0.309 e. The predicted molar refractivity (Wildman–Crippen MR) is 87.1 cm³/mol. The average Bonchev–Trinajstić information content (AvgIpc) is 2.88. The fourth-order valence-corrected chi connectivity index (χ4v) is 2.74. The van der Waals surface area contributed by atoms with Crippen LogP contribution in [0.5, 0.6) is 0 Å². The molecule has 26 heavy (non-hydrogen) atoms. The maximum atomic E-state index is 14.5. The van der Waals surface area contributed by atoms with Crippen LogP contribution in [0.2, 0.25) is 5.02 Å². The minimum absolute atomic E-state index is 0.0533. The summed E-state index contributed by atoms with van der Waals surface area (Å²) in [5.41, 5.74) is -1.39. The third-order valence-electron chi connectivity index (χ3n) is 3.58. The van der Waals surface area contributed by atoms with Crippen molar-refractivity contribution < 1.29 is 17.6 Å². The number of aryl methyl sites for hydroxylation is 1. The highest BCUT2D eigenvalue weighted by Gasteiger charge is 2.37. The number of rotatable bonds is 2. The van der Waals surface area contributed by atoms with Crippen LogP contribution >= 0.6 is 11.6 Å². The normalized spacial score (nSPS) is 11.7. The van der Waals surface area contributed by atoms with Crippen LogP contribution in [0.3, 0.4) is 0 Å². The fraction of sp³-hybridized carbons (Fsp3) is 0.188. The lowest BCUT2D eigenvalue weighted by Gasteiger charge is -2.09. The topological polar surface area (TPSA) is 63.6 Å². The van der Waals surface area contributed by atoms with E-state index < -0.39 is 29.9 Å². The number of hydrogen-bond acceptors (Lipinski definition) is 3. The summed E-state index contributed by atoms with van der Waals surface area (Å²) in [4.78, 5) is 21.5. The third-order valence-corrected chi connectivity index (χ3v) is 3.93. The Bertz CT molecular complexity index is 1120. The molecule has 2 heterocycles. The van der Waals surface area contributed by atoms with Gasteiger partial charge in [0.1, 0.15) is 16.7 Å². The number of aromatic amines is 1. The monoisotopic (exact) mass is 384 g/mol. The van der Waals surface area contributed by atoms with Crippen molar-refractivity contribution in [1.82, 2.24) is 19.5 Å². The van der Waals surface area contributed by atoms with E-state index >= 15 is 0 Å². The number of alkyl halides is 3. The number of fused-ring (bicyclic) bond motifs is 1. The number of nitrogens with one attached hydrogen (secondary N) is 1. The van der Waals surface area contributed by atoms with Crippen molar-refractivity contribution in [3.63, 3.8) is 0 Å². The second-order valence-corrected chi connectivity index (χ2v) is 5.74. The summed E-state index contributed by atoms with van der Waals surface area (Å²) in [6.07, 6.45) is 0.372. The van der Waals surface area contributed by atoms with Gasteiger partial charge < -0.3 is 9.55 Å². The zero-order chi connectivity index (χ0) is 19.2. The number of halogens is 5. The molecule has 0 saturated carbocycles. The number of aromatic nitrogens is 4. The van der Waals surface area contributed by atoms with Crippen LogP contribution in [-0.2, 0) is 12.7 Å². The van der Waals surface area contributed by atoms with Gasteiger partial charge in [0.15, 0.2) is 0 Å². The molecule has 0 fully saturated rings. The summed E-state index contributed by atoms with van der Waals surface area (Å²) < 4.78 is 54.8. The zero-order valence-electron chi connectivity index (χ0n) is 13.1. The highest BCUT2D eigenvalue weighted by Crippen LogP contribution is 2.34. The molecule has 0 atom stereocenters. The molecular formula is C16H9ClF4N4O. The third kappa shape index (κ3) is 2.93. The van der Waals surface area contributed by atoms with E-state index in [4.69, 9.17) is 18.0 Å². The quantitative estimate of drug-likeness (QED) is 0.543. The molecule has 2 aromatic heterocycles. The molecule has 0 spiro atoms. The maximum absolute atomic E-state index is 14.5. The van der Waals surface area contributed by atoms with E-state index in [0.29, 0.717) is 0 Å². The van der Waals surface area contributed by atoms with Crippen molar-refractivity contribution in [2.75, 3.05) is 0 Å². The van der Waals surface area contributed by atoms with Gasteiger partial charge in [-0.2, -0.15) is 13.2 Å². The van der Waals surface area contributed by atoms with Gasteiger partial charge in [-0.1, -0.05) is 17.5 Å². The first-order valence-corrected chi connectivity index (χ1v) is 7.48. The predicted octanol–water partition coefficient (Wildman–Crippen LogP) is 3.54. The summed E-state index contributed by atoms with van der Waals surface area (Å²) in [5, 5.41) is -0.382. The molecule has 3 aromatic rings. The Hall–Kier alpha value is -2.86. The van der Waals surface area contributed by atoms with Gasteiger partial charge in [0.05, 0.1) is 23.3 Å². The average molecular weight is 385 g/mol. The lowest BCUT2D eigenvalue weighted by Crippen LogP contribution is -2.14. The van der Waals surface area contributed by atoms with Crippen molar-refractivity contribution in [2.24, 2.45) is 0 Å². The molecule has 0 aliphatic rings. The van der Waals surface area contributed by atoms with Crippen molar-refractivity contribution in [1.29, 1.82) is 0 Å². The van der Waals surface area contributed by atoms with Crippen LogP contribution in [0, 0.1) is 25.1 Å².